The van der Waals surface area contributed by atoms with Gasteiger partial charge in [-0.25, -0.2) is 9.78 Å². The van der Waals surface area contributed by atoms with Crippen LogP contribution in [0.2, 0.25) is 5.15 Å². The van der Waals surface area contributed by atoms with Gasteiger partial charge in [-0.05, 0) is 25.0 Å². The SMILES string of the molecule is CCC(CC)(NC(=O)c1ccc(Cl)nc1)C(=O)O. The molecule has 18 heavy (non-hydrogen) atoms. The smallest absolute Gasteiger partial charge is 0.329 e. The number of nitrogens with zero attached hydrogens (tertiary/aromatic N) is 1. The van der Waals surface area contributed by atoms with E-state index in [0.717, 1.165) is 0 Å². The standard InChI is InChI=1S/C12H15ClN2O3/c1-3-12(4-2,11(17)18)15-10(16)8-5-6-9(13)14-7-8/h5-7H,3-4H2,1-2H3,(H,15,16)(H,17,18). The van der Waals surface area contributed by atoms with Crippen molar-refractivity contribution in [1.29, 1.82) is 0 Å². The lowest BCUT2D eigenvalue weighted by molar-refractivity contribution is -0.144. The van der Waals surface area contributed by atoms with E-state index in [1.54, 1.807) is 13.8 Å². The van der Waals surface area contributed by atoms with Crippen molar-refractivity contribution in [3.63, 3.8) is 0 Å². The Balaban J connectivity index is 2.91. The quantitative estimate of drug-likeness (QED) is 0.803. The highest BCUT2D eigenvalue weighted by Crippen LogP contribution is 2.16. The molecule has 0 saturated heterocycles. The molecule has 0 aromatic carbocycles. The molecular formula is C12H15ClN2O3. The molecule has 0 radical (unpaired) electrons. The Morgan fingerprint density at radius 1 is 1.39 bits per heavy atom. The predicted molar refractivity (Wildman–Crippen MR) is 67.7 cm³/mol. The Labute approximate surface area is 110 Å². The van der Waals surface area contributed by atoms with Gasteiger partial charge in [-0.3, -0.25) is 4.79 Å². The van der Waals surface area contributed by atoms with Gasteiger partial charge in [0.1, 0.15) is 10.7 Å². The van der Waals surface area contributed by atoms with E-state index in [9.17, 15) is 14.7 Å². The Morgan fingerprint density at radius 3 is 2.39 bits per heavy atom. The first-order chi connectivity index (χ1) is 8.45. The summed E-state index contributed by atoms with van der Waals surface area (Å²) in [6, 6.07) is 2.99. The summed E-state index contributed by atoms with van der Waals surface area (Å²) in [7, 11) is 0. The molecule has 0 spiro atoms. The van der Waals surface area contributed by atoms with Crippen molar-refractivity contribution in [3.8, 4) is 0 Å². The fraction of sp³-hybridized carbons (Fsp3) is 0.417. The average molecular weight is 271 g/mol. The molecule has 0 saturated carbocycles. The van der Waals surface area contributed by atoms with E-state index in [4.69, 9.17) is 11.6 Å². The van der Waals surface area contributed by atoms with Gasteiger partial charge in [0.15, 0.2) is 0 Å². The minimum atomic E-state index is -1.24. The summed E-state index contributed by atoms with van der Waals surface area (Å²) in [6.45, 7) is 3.44. The number of rotatable bonds is 5. The molecule has 1 heterocycles. The lowest BCUT2D eigenvalue weighted by atomic mass is 9.92. The van der Waals surface area contributed by atoms with Gasteiger partial charge >= 0.3 is 5.97 Å². The van der Waals surface area contributed by atoms with Crippen molar-refractivity contribution >= 4 is 23.5 Å². The number of hydrogen-bond donors (Lipinski definition) is 2. The van der Waals surface area contributed by atoms with Gasteiger partial charge < -0.3 is 10.4 Å². The van der Waals surface area contributed by atoms with E-state index in [-0.39, 0.29) is 10.7 Å². The normalized spacial score (nSPS) is 11.1. The molecular weight excluding hydrogens is 256 g/mol. The van der Waals surface area contributed by atoms with Crippen molar-refractivity contribution < 1.29 is 14.7 Å². The lowest BCUT2D eigenvalue weighted by Crippen LogP contribution is -2.53. The monoisotopic (exact) mass is 270 g/mol. The van der Waals surface area contributed by atoms with E-state index >= 15 is 0 Å². The number of carboxylic acids is 1. The first-order valence-electron chi connectivity index (χ1n) is 5.62. The van der Waals surface area contributed by atoms with Crippen LogP contribution in [0.15, 0.2) is 18.3 Å². The number of hydrogen-bond acceptors (Lipinski definition) is 3. The molecule has 5 nitrogen and oxygen atoms in total. The third kappa shape index (κ3) is 2.98. The molecule has 0 unspecified atom stereocenters. The zero-order valence-electron chi connectivity index (χ0n) is 10.2. The van der Waals surface area contributed by atoms with Gasteiger partial charge in [-0.15, -0.1) is 0 Å². The van der Waals surface area contributed by atoms with Crippen LogP contribution >= 0.6 is 11.6 Å². The number of halogens is 1. The highest BCUT2D eigenvalue weighted by atomic mass is 35.5. The van der Waals surface area contributed by atoms with Gasteiger partial charge in [0, 0.05) is 6.20 Å². The summed E-state index contributed by atoms with van der Waals surface area (Å²) in [6.07, 6.45) is 1.94. The Hall–Kier alpha value is -1.62. The molecule has 1 aromatic heterocycles. The Morgan fingerprint density at radius 2 is 2.00 bits per heavy atom. The highest BCUT2D eigenvalue weighted by Gasteiger charge is 2.36. The van der Waals surface area contributed by atoms with Crippen molar-refractivity contribution in [3.05, 3.63) is 29.0 Å². The van der Waals surface area contributed by atoms with Crippen molar-refractivity contribution in [2.24, 2.45) is 0 Å². The molecule has 2 N–H and O–H groups in total. The van der Waals surface area contributed by atoms with Crippen molar-refractivity contribution in [1.82, 2.24) is 10.3 Å². The first-order valence-corrected chi connectivity index (χ1v) is 6.00. The van der Waals surface area contributed by atoms with Crippen LogP contribution in [0, 0.1) is 0 Å². The van der Waals surface area contributed by atoms with Crippen molar-refractivity contribution in [2.75, 3.05) is 0 Å². The average Bonchev–Trinajstić information content (AvgIpc) is 2.36. The summed E-state index contributed by atoms with van der Waals surface area (Å²) in [4.78, 5) is 27.0. The molecule has 0 fully saturated rings. The lowest BCUT2D eigenvalue weighted by Gasteiger charge is -2.27. The van der Waals surface area contributed by atoms with Crippen LogP contribution in [0.1, 0.15) is 37.0 Å². The van der Waals surface area contributed by atoms with Crippen LogP contribution in [-0.2, 0) is 4.79 Å². The summed E-state index contributed by atoms with van der Waals surface area (Å²) in [5.41, 5.74) is -0.955. The van der Waals surface area contributed by atoms with Gasteiger partial charge in [0.05, 0.1) is 5.56 Å². The second-order valence-corrected chi connectivity index (χ2v) is 4.31. The van der Waals surface area contributed by atoms with Crippen molar-refractivity contribution in [2.45, 2.75) is 32.2 Å². The van der Waals surface area contributed by atoms with Gasteiger partial charge in [-0.1, -0.05) is 25.4 Å². The van der Waals surface area contributed by atoms with E-state index in [2.05, 4.69) is 10.3 Å². The summed E-state index contributed by atoms with van der Waals surface area (Å²) in [5.74, 6) is -1.51. The zero-order chi connectivity index (χ0) is 13.8. The van der Waals surface area contributed by atoms with Crippen LogP contribution in [0.25, 0.3) is 0 Å². The number of aliphatic carboxylic acids is 1. The third-order valence-corrected chi connectivity index (χ3v) is 3.18. The number of carboxylic acid groups (broad SMARTS) is 1. The second kappa shape index (κ2) is 5.82. The molecule has 1 amide bonds. The van der Waals surface area contributed by atoms with E-state index < -0.39 is 17.4 Å². The van der Waals surface area contributed by atoms with Crippen LogP contribution in [0.5, 0.6) is 0 Å². The number of carbonyl (C=O) groups is 2. The molecule has 1 aromatic rings. The first kappa shape index (κ1) is 14.4. The van der Waals surface area contributed by atoms with E-state index in [1.807, 2.05) is 0 Å². The molecule has 0 aliphatic carbocycles. The largest absolute Gasteiger partial charge is 0.480 e. The topological polar surface area (TPSA) is 79.3 Å². The minimum Gasteiger partial charge on any atom is -0.480 e. The minimum absolute atomic E-state index is 0.280. The van der Waals surface area contributed by atoms with Gasteiger partial charge in [-0.2, -0.15) is 0 Å². The van der Waals surface area contributed by atoms with Gasteiger partial charge in [0.2, 0.25) is 0 Å². The summed E-state index contributed by atoms with van der Waals surface area (Å²) < 4.78 is 0. The zero-order valence-corrected chi connectivity index (χ0v) is 11.0. The second-order valence-electron chi connectivity index (χ2n) is 3.92. The van der Waals surface area contributed by atoms with Gasteiger partial charge in [0.25, 0.3) is 5.91 Å². The predicted octanol–water partition coefficient (Wildman–Crippen LogP) is 2.11. The molecule has 0 aliphatic heterocycles. The maximum atomic E-state index is 11.9. The summed E-state index contributed by atoms with van der Waals surface area (Å²) in [5, 5.41) is 12.0. The van der Waals surface area contributed by atoms with E-state index in [0.29, 0.717) is 12.8 Å². The maximum absolute atomic E-state index is 11.9. The molecule has 0 aliphatic rings. The van der Waals surface area contributed by atoms with Crippen LogP contribution in [0.3, 0.4) is 0 Å². The highest BCUT2D eigenvalue weighted by molar-refractivity contribution is 6.29. The van der Waals surface area contributed by atoms with Crippen LogP contribution in [-0.4, -0.2) is 27.5 Å². The maximum Gasteiger partial charge on any atom is 0.329 e. The molecule has 0 atom stereocenters. The number of carbonyl (C=O) groups excluding carboxylic acids is 1. The fourth-order valence-electron chi connectivity index (χ4n) is 1.58. The van der Waals surface area contributed by atoms with Crippen LogP contribution < -0.4 is 5.32 Å². The van der Waals surface area contributed by atoms with Crippen LogP contribution in [0.4, 0.5) is 0 Å². The number of amides is 1. The number of aromatic nitrogens is 1. The fourth-order valence-corrected chi connectivity index (χ4v) is 1.69. The Bertz CT molecular complexity index is 441. The molecule has 0 bridgehead atoms. The molecule has 1 rings (SSSR count). The van der Waals surface area contributed by atoms with E-state index in [1.165, 1.54) is 18.3 Å². The summed E-state index contributed by atoms with van der Waals surface area (Å²) >= 11 is 5.62. The number of pyridine rings is 1. The molecule has 6 heteroatoms. The third-order valence-electron chi connectivity index (χ3n) is 2.96. The molecule has 98 valence electrons. The number of nitrogens with one attached hydrogen (secondary N) is 1. The Kier molecular flexibility index (Phi) is 4.67.